The van der Waals surface area contributed by atoms with E-state index in [1.165, 1.54) is 5.56 Å². The summed E-state index contributed by atoms with van der Waals surface area (Å²) < 4.78 is 0. The van der Waals surface area contributed by atoms with E-state index < -0.39 is 0 Å². The zero-order valence-electron chi connectivity index (χ0n) is 8.48. The van der Waals surface area contributed by atoms with Gasteiger partial charge in [0.1, 0.15) is 0 Å². The molecule has 0 bridgehead atoms. The number of benzene rings is 1. The van der Waals surface area contributed by atoms with Crippen molar-refractivity contribution in [2.24, 2.45) is 5.92 Å². The Hall–Kier alpha value is -1.26. The van der Waals surface area contributed by atoms with E-state index in [0.717, 1.165) is 0 Å². The van der Waals surface area contributed by atoms with Gasteiger partial charge in [-0.25, -0.2) is 0 Å². The molecule has 0 fully saturated rings. The third kappa shape index (κ3) is 2.61. The normalized spacial score (nSPS) is 14.4. The molecule has 1 heteroatoms. The number of rotatable bonds is 4. The summed E-state index contributed by atoms with van der Waals surface area (Å²) in [5.74, 6) is 3.16. The smallest absolute Gasteiger partial charge is 0.0462 e. The molecule has 0 unspecified atom stereocenters. The van der Waals surface area contributed by atoms with Gasteiger partial charge < -0.3 is 5.11 Å². The number of hydrogen-bond acceptors (Lipinski definition) is 1. The molecular formula is C13H16O. The number of aliphatic hydroxyl groups is 1. The van der Waals surface area contributed by atoms with Gasteiger partial charge in [-0.3, -0.25) is 0 Å². The van der Waals surface area contributed by atoms with Crippen molar-refractivity contribution >= 4 is 0 Å². The van der Waals surface area contributed by atoms with Crippen molar-refractivity contribution in [2.75, 3.05) is 6.61 Å². The van der Waals surface area contributed by atoms with E-state index in [2.05, 4.69) is 18.1 Å². The summed E-state index contributed by atoms with van der Waals surface area (Å²) in [7, 11) is 0. The molecule has 1 N–H and O–H groups in total. The fourth-order valence-electron chi connectivity index (χ4n) is 1.60. The van der Waals surface area contributed by atoms with E-state index >= 15 is 0 Å². The highest BCUT2D eigenvalue weighted by atomic mass is 16.3. The Morgan fingerprint density at radius 1 is 1.36 bits per heavy atom. The second kappa shape index (κ2) is 5.47. The lowest BCUT2D eigenvalue weighted by Gasteiger charge is -2.20. The minimum Gasteiger partial charge on any atom is -0.396 e. The van der Waals surface area contributed by atoms with Crippen molar-refractivity contribution in [2.45, 2.75) is 19.3 Å². The van der Waals surface area contributed by atoms with E-state index in [9.17, 15) is 0 Å². The third-order valence-electron chi connectivity index (χ3n) is 2.54. The Morgan fingerprint density at radius 3 is 2.50 bits per heavy atom. The van der Waals surface area contributed by atoms with E-state index in [1.54, 1.807) is 0 Å². The zero-order chi connectivity index (χ0) is 10.4. The highest BCUT2D eigenvalue weighted by molar-refractivity contribution is 5.21. The Morgan fingerprint density at radius 2 is 2.00 bits per heavy atom. The van der Waals surface area contributed by atoms with Gasteiger partial charge in [0.25, 0.3) is 0 Å². The van der Waals surface area contributed by atoms with Crippen LogP contribution in [0.2, 0.25) is 0 Å². The number of terminal acetylenes is 1. The van der Waals surface area contributed by atoms with Crippen LogP contribution in [0.5, 0.6) is 0 Å². The van der Waals surface area contributed by atoms with Crippen molar-refractivity contribution < 1.29 is 5.11 Å². The Balaban J connectivity index is 2.84. The van der Waals surface area contributed by atoms with Crippen LogP contribution in [0, 0.1) is 18.3 Å². The van der Waals surface area contributed by atoms with Gasteiger partial charge in [0.2, 0.25) is 0 Å². The van der Waals surface area contributed by atoms with Gasteiger partial charge in [-0.1, -0.05) is 37.3 Å². The molecule has 0 saturated carbocycles. The highest BCUT2D eigenvalue weighted by Gasteiger charge is 2.16. The van der Waals surface area contributed by atoms with E-state index in [-0.39, 0.29) is 18.4 Å². The molecule has 1 nitrogen and oxygen atoms in total. The first-order valence-corrected chi connectivity index (χ1v) is 4.88. The topological polar surface area (TPSA) is 20.2 Å². The van der Waals surface area contributed by atoms with Gasteiger partial charge in [0.05, 0.1) is 0 Å². The minimum absolute atomic E-state index is 0.182. The second-order valence-corrected chi connectivity index (χ2v) is 3.59. The lowest BCUT2D eigenvalue weighted by Crippen LogP contribution is -2.13. The molecule has 1 rings (SSSR count). The third-order valence-corrected chi connectivity index (χ3v) is 2.54. The molecule has 0 aromatic heterocycles. The van der Waals surface area contributed by atoms with Gasteiger partial charge in [0.15, 0.2) is 0 Å². The molecule has 0 spiro atoms. The van der Waals surface area contributed by atoms with Crippen LogP contribution in [0.25, 0.3) is 0 Å². The summed E-state index contributed by atoms with van der Waals surface area (Å²) in [5, 5.41) is 9.12. The van der Waals surface area contributed by atoms with Crippen LogP contribution in [0.4, 0.5) is 0 Å². The molecule has 2 atom stereocenters. The second-order valence-electron chi connectivity index (χ2n) is 3.59. The zero-order valence-corrected chi connectivity index (χ0v) is 8.48. The van der Waals surface area contributed by atoms with Crippen LogP contribution >= 0.6 is 0 Å². The summed E-state index contributed by atoms with van der Waals surface area (Å²) in [6.07, 6.45) is 6.01. The average molecular weight is 188 g/mol. The predicted octanol–water partition coefficient (Wildman–Crippen LogP) is 2.42. The minimum atomic E-state index is 0.182. The molecule has 0 radical (unpaired) electrons. The molecule has 0 aliphatic heterocycles. The van der Waals surface area contributed by atoms with Crippen LogP contribution in [0.3, 0.4) is 0 Å². The molecule has 0 saturated heterocycles. The summed E-state index contributed by atoms with van der Waals surface area (Å²) in [4.78, 5) is 0. The largest absolute Gasteiger partial charge is 0.396 e. The summed E-state index contributed by atoms with van der Waals surface area (Å²) in [5.41, 5.74) is 1.21. The van der Waals surface area contributed by atoms with Crippen LogP contribution in [-0.2, 0) is 0 Å². The molecule has 1 aromatic carbocycles. The monoisotopic (exact) mass is 188 g/mol. The van der Waals surface area contributed by atoms with Crippen molar-refractivity contribution in [3.63, 3.8) is 0 Å². The van der Waals surface area contributed by atoms with Gasteiger partial charge in [-0.05, 0) is 17.4 Å². The van der Waals surface area contributed by atoms with E-state index in [4.69, 9.17) is 11.5 Å². The van der Waals surface area contributed by atoms with Crippen LogP contribution in [-0.4, -0.2) is 11.7 Å². The Labute approximate surface area is 85.8 Å². The van der Waals surface area contributed by atoms with Crippen molar-refractivity contribution in [1.82, 2.24) is 0 Å². The first-order chi connectivity index (χ1) is 6.79. The summed E-state index contributed by atoms with van der Waals surface area (Å²) >= 11 is 0. The van der Waals surface area contributed by atoms with Crippen molar-refractivity contribution in [1.29, 1.82) is 0 Å². The maximum Gasteiger partial charge on any atom is 0.0462 e. The number of aliphatic hydroxyl groups excluding tert-OH is 1. The highest BCUT2D eigenvalue weighted by Crippen LogP contribution is 2.27. The predicted molar refractivity (Wildman–Crippen MR) is 58.9 cm³/mol. The van der Waals surface area contributed by atoms with E-state index in [1.807, 2.05) is 25.1 Å². The molecule has 1 aromatic rings. The van der Waals surface area contributed by atoms with E-state index in [0.29, 0.717) is 6.42 Å². The fourth-order valence-corrected chi connectivity index (χ4v) is 1.60. The molecular weight excluding hydrogens is 172 g/mol. The van der Waals surface area contributed by atoms with Gasteiger partial charge in [0, 0.05) is 13.0 Å². The first kappa shape index (κ1) is 10.8. The van der Waals surface area contributed by atoms with Crippen molar-refractivity contribution in [3.05, 3.63) is 35.9 Å². The maximum absolute atomic E-state index is 9.12. The summed E-state index contributed by atoms with van der Waals surface area (Å²) in [6.45, 7) is 2.20. The quantitative estimate of drug-likeness (QED) is 0.719. The van der Waals surface area contributed by atoms with Gasteiger partial charge in [-0.2, -0.15) is 0 Å². The van der Waals surface area contributed by atoms with Crippen LogP contribution < -0.4 is 0 Å². The Kier molecular flexibility index (Phi) is 4.22. The molecule has 0 aliphatic rings. The molecule has 74 valence electrons. The standard InChI is InChI=1S/C13H16O/c1-3-7-13(11(2)10-14)12-8-5-4-6-9-12/h1,4-6,8-9,11,13-14H,7,10H2,2H3/t11-,13+/m1/s1. The molecule has 0 heterocycles. The van der Waals surface area contributed by atoms with Crippen LogP contribution in [0.15, 0.2) is 30.3 Å². The van der Waals surface area contributed by atoms with Gasteiger partial charge >= 0.3 is 0 Å². The molecule has 0 amide bonds. The Bertz CT molecular complexity index is 297. The SMILES string of the molecule is C#CC[C@H](c1ccccc1)[C@H](C)CO. The molecule has 14 heavy (non-hydrogen) atoms. The van der Waals surface area contributed by atoms with Crippen molar-refractivity contribution in [3.8, 4) is 12.3 Å². The summed E-state index contributed by atoms with van der Waals surface area (Å²) in [6, 6.07) is 10.1. The fraction of sp³-hybridized carbons (Fsp3) is 0.385. The maximum atomic E-state index is 9.12. The first-order valence-electron chi connectivity index (χ1n) is 4.88. The molecule has 0 aliphatic carbocycles. The van der Waals surface area contributed by atoms with Gasteiger partial charge in [-0.15, -0.1) is 12.3 Å². The van der Waals surface area contributed by atoms with Crippen LogP contribution in [0.1, 0.15) is 24.8 Å². The average Bonchev–Trinajstić information content (AvgIpc) is 2.26. The number of hydrogen-bond donors (Lipinski definition) is 1. The lowest BCUT2D eigenvalue weighted by atomic mass is 9.85. The lowest BCUT2D eigenvalue weighted by molar-refractivity contribution is 0.216.